The second-order valence-electron chi connectivity index (χ2n) is 7.25. The van der Waals surface area contributed by atoms with E-state index in [9.17, 15) is 0 Å². The van der Waals surface area contributed by atoms with Gasteiger partial charge in [-0.1, -0.05) is 0 Å². The molecule has 2 aliphatic heterocycles. The van der Waals surface area contributed by atoms with Gasteiger partial charge in [0, 0.05) is 31.7 Å². The summed E-state index contributed by atoms with van der Waals surface area (Å²) in [5, 5.41) is 1.19. The molecule has 0 aliphatic carbocycles. The van der Waals surface area contributed by atoms with Crippen LogP contribution in [0.4, 0.5) is 5.82 Å². The van der Waals surface area contributed by atoms with Gasteiger partial charge in [0.25, 0.3) is 0 Å². The number of nitrogens with zero attached hydrogens (tertiary/aromatic N) is 3. The van der Waals surface area contributed by atoms with Gasteiger partial charge in [-0.2, -0.15) is 0 Å². The topological polar surface area (TPSA) is 38.2 Å². The van der Waals surface area contributed by atoms with Gasteiger partial charge in [0.2, 0.25) is 0 Å². The van der Waals surface area contributed by atoms with Crippen LogP contribution in [0.1, 0.15) is 36.8 Å². The predicted molar refractivity (Wildman–Crippen MR) is 92.9 cm³/mol. The first-order valence-electron chi connectivity index (χ1n) is 8.72. The van der Waals surface area contributed by atoms with Crippen molar-refractivity contribution in [1.29, 1.82) is 0 Å². The van der Waals surface area contributed by atoms with Crippen LogP contribution in [0.3, 0.4) is 0 Å². The van der Waals surface area contributed by atoms with E-state index in [-0.39, 0.29) is 0 Å². The highest BCUT2D eigenvalue weighted by Crippen LogP contribution is 2.42. The average molecular weight is 311 g/mol. The van der Waals surface area contributed by atoms with Crippen LogP contribution in [0, 0.1) is 19.3 Å². The summed E-state index contributed by atoms with van der Waals surface area (Å²) < 4.78 is 5.56. The number of aryl methyl sites for hydroxylation is 2. The molecule has 4 nitrogen and oxygen atoms in total. The molecule has 2 fully saturated rings. The third-order valence-electron chi connectivity index (χ3n) is 5.91. The van der Waals surface area contributed by atoms with E-state index in [1.165, 1.54) is 42.2 Å². The lowest BCUT2D eigenvalue weighted by Gasteiger charge is -2.44. The predicted octanol–water partition coefficient (Wildman–Crippen LogP) is 3.64. The molecule has 4 heteroatoms. The molecule has 0 saturated carbocycles. The Hall–Kier alpha value is -1.68. The Morgan fingerprint density at radius 3 is 2.39 bits per heavy atom. The van der Waals surface area contributed by atoms with Crippen molar-refractivity contribution in [3.63, 3.8) is 0 Å². The maximum atomic E-state index is 5.56. The molecule has 0 unspecified atom stereocenters. The first kappa shape index (κ1) is 14.9. The fourth-order valence-corrected chi connectivity index (χ4v) is 4.05. The van der Waals surface area contributed by atoms with Crippen LogP contribution in [0.5, 0.6) is 0 Å². The van der Waals surface area contributed by atoms with Crippen LogP contribution in [0.15, 0.2) is 18.5 Å². The number of fused-ring (bicyclic) bond motifs is 1. The van der Waals surface area contributed by atoms with Crippen molar-refractivity contribution < 1.29 is 4.74 Å². The van der Waals surface area contributed by atoms with Crippen LogP contribution in [-0.4, -0.2) is 36.3 Å². The van der Waals surface area contributed by atoms with E-state index >= 15 is 0 Å². The van der Waals surface area contributed by atoms with Crippen molar-refractivity contribution in [2.45, 2.75) is 39.5 Å². The molecule has 0 N–H and O–H groups in total. The number of piperidine rings is 1. The molecule has 0 radical (unpaired) electrons. The number of aromatic nitrogens is 2. The zero-order valence-corrected chi connectivity index (χ0v) is 14.1. The maximum Gasteiger partial charge on any atom is 0.139 e. The summed E-state index contributed by atoms with van der Waals surface area (Å²) >= 11 is 0. The summed E-state index contributed by atoms with van der Waals surface area (Å²) in [6, 6.07) is 4.43. The minimum atomic E-state index is 0.518. The molecule has 23 heavy (non-hydrogen) atoms. The molecular weight excluding hydrogens is 286 g/mol. The van der Waals surface area contributed by atoms with E-state index < -0.39 is 0 Å². The monoisotopic (exact) mass is 311 g/mol. The SMILES string of the molecule is Cc1cc2ncnc(N3CCC4(CCOCC4)CC3)c2cc1C. The molecule has 2 aliphatic rings. The van der Waals surface area contributed by atoms with E-state index in [0.717, 1.165) is 37.6 Å². The van der Waals surface area contributed by atoms with E-state index in [2.05, 4.69) is 40.8 Å². The molecule has 1 spiro atoms. The summed E-state index contributed by atoms with van der Waals surface area (Å²) in [6.07, 6.45) is 6.68. The Bertz CT molecular complexity index is 712. The van der Waals surface area contributed by atoms with Crippen molar-refractivity contribution in [1.82, 2.24) is 9.97 Å². The first-order chi connectivity index (χ1) is 11.2. The summed E-state index contributed by atoms with van der Waals surface area (Å²) in [5.74, 6) is 1.11. The van der Waals surface area contributed by atoms with Gasteiger partial charge in [-0.3, -0.25) is 0 Å². The van der Waals surface area contributed by atoms with Crippen LogP contribution >= 0.6 is 0 Å². The molecular formula is C19H25N3O. The molecule has 0 amide bonds. The van der Waals surface area contributed by atoms with Crippen molar-refractivity contribution in [3.8, 4) is 0 Å². The fourth-order valence-electron chi connectivity index (χ4n) is 4.05. The molecule has 122 valence electrons. The minimum absolute atomic E-state index is 0.518. The Morgan fingerprint density at radius 2 is 1.65 bits per heavy atom. The van der Waals surface area contributed by atoms with Gasteiger partial charge < -0.3 is 9.64 Å². The minimum Gasteiger partial charge on any atom is -0.381 e. The van der Waals surface area contributed by atoms with Crippen LogP contribution in [0.2, 0.25) is 0 Å². The second kappa shape index (κ2) is 5.75. The molecule has 0 atom stereocenters. The van der Waals surface area contributed by atoms with Gasteiger partial charge in [0.05, 0.1) is 5.52 Å². The maximum absolute atomic E-state index is 5.56. The molecule has 1 aromatic heterocycles. The number of anilines is 1. The van der Waals surface area contributed by atoms with E-state index in [1.807, 2.05) is 0 Å². The van der Waals surface area contributed by atoms with Gasteiger partial charge in [-0.15, -0.1) is 0 Å². The van der Waals surface area contributed by atoms with Crippen LogP contribution in [0.25, 0.3) is 10.9 Å². The lowest BCUT2D eigenvalue weighted by atomic mass is 9.72. The van der Waals surface area contributed by atoms with E-state index in [0.29, 0.717) is 5.41 Å². The van der Waals surface area contributed by atoms with Crippen LogP contribution in [-0.2, 0) is 4.74 Å². The normalized spacial score (nSPS) is 21.0. The molecule has 4 rings (SSSR count). The van der Waals surface area contributed by atoms with Crippen molar-refractivity contribution in [2.75, 3.05) is 31.2 Å². The Labute approximate surface area is 137 Å². The summed E-state index contributed by atoms with van der Waals surface area (Å²) in [7, 11) is 0. The lowest BCUT2D eigenvalue weighted by Crippen LogP contribution is -2.43. The Balaban J connectivity index is 1.62. The summed E-state index contributed by atoms with van der Waals surface area (Å²) in [5.41, 5.74) is 4.18. The number of rotatable bonds is 1. The number of benzene rings is 1. The number of hydrogen-bond donors (Lipinski definition) is 0. The average Bonchev–Trinajstić information content (AvgIpc) is 2.57. The third-order valence-corrected chi connectivity index (χ3v) is 5.91. The Morgan fingerprint density at radius 1 is 0.957 bits per heavy atom. The zero-order valence-electron chi connectivity index (χ0n) is 14.1. The molecule has 2 saturated heterocycles. The zero-order chi connectivity index (χ0) is 15.9. The summed E-state index contributed by atoms with van der Waals surface area (Å²) in [6.45, 7) is 8.38. The second-order valence-corrected chi connectivity index (χ2v) is 7.25. The van der Waals surface area contributed by atoms with E-state index in [1.54, 1.807) is 6.33 Å². The fraction of sp³-hybridized carbons (Fsp3) is 0.579. The van der Waals surface area contributed by atoms with Gasteiger partial charge in [0.15, 0.2) is 0 Å². The smallest absolute Gasteiger partial charge is 0.139 e. The summed E-state index contributed by atoms with van der Waals surface area (Å²) in [4.78, 5) is 11.6. The van der Waals surface area contributed by atoms with Crippen molar-refractivity contribution >= 4 is 16.7 Å². The highest BCUT2D eigenvalue weighted by molar-refractivity contribution is 5.90. The van der Waals surface area contributed by atoms with Crippen molar-refractivity contribution in [2.24, 2.45) is 5.41 Å². The Kier molecular flexibility index (Phi) is 3.72. The first-order valence-corrected chi connectivity index (χ1v) is 8.72. The van der Waals surface area contributed by atoms with Gasteiger partial charge >= 0.3 is 0 Å². The molecule has 0 bridgehead atoms. The highest BCUT2D eigenvalue weighted by atomic mass is 16.5. The van der Waals surface area contributed by atoms with E-state index in [4.69, 9.17) is 4.74 Å². The largest absolute Gasteiger partial charge is 0.381 e. The standard InChI is InChI=1S/C19H25N3O/c1-14-11-16-17(12-15(14)2)20-13-21-18(16)22-7-3-19(4-8-22)5-9-23-10-6-19/h11-13H,3-10H2,1-2H3. The number of ether oxygens (including phenoxy) is 1. The molecule has 1 aromatic carbocycles. The van der Waals surface area contributed by atoms with Crippen molar-refractivity contribution in [3.05, 3.63) is 29.6 Å². The quantitative estimate of drug-likeness (QED) is 0.806. The third kappa shape index (κ3) is 2.69. The van der Waals surface area contributed by atoms with Crippen LogP contribution < -0.4 is 4.90 Å². The van der Waals surface area contributed by atoms with Gasteiger partial charge in [0.1, 0.15) is 12.1 Å². The van der Waals surface area contributed by atoms with Gasteiger partial charge in [-0.05, 0) is 68.2 Å². The lowest BCUT2D eigenvalue weighted by molar-refractivity contribution is 0.00208. The van der Waals surface area contributed by atoms with Gasteiger partial charge in [-0.25, -0.2) is 9.97 Å². The molecule has 2 aromatic rings. The number of hydrogen-bond acceptors (Lipinski definition) is 4. The molecule has 3 heterocycles. The highest BCUT2D eigenvalue weighted by Gasteiger charge is 2.36.